The molecule has 0 saturated heterocycles. The van der Waals surface area contributed by atoms with Gasteiger partial charge in [0, 0.05) is 6.42 Å². The summed E-state index contributed by atoms with van der Waals surface area (Å²) in [5.41, 5.74) is 2.61. The molecule has 68 valence electrons. The van der Waals surface area contributed by atoms with Gasteiger partial charge in [-0.05, 0) is 18.1 Å². The van der Waals surface area contributed by atoms with Crippen LogP contribution in [0.4, 0.5) is 0 Å². The van der Waals surface area contributed by atoms with E-state index in [0.29, 0.717) is 0 Å². The number of aliphatic imine (C=N–C) groups is 1. The van der Waals surface area contributed by atoms with E-state index in [2.05, 4.69) is 36.2 Å². The molecule has 0 amide bonds. The van der Waals surface area contributed by atoms with Crippen molar-refractivity contribution in [2.24, 2.45) is 4.99 Å². The molecule has 0 radical (unpaired) electrons. The van der Waals surface area contributed by atoms with Gasteiger partial charge in [0.2, 0.25) is 0 Å². The Morgan fingerprint density at radius 2 is 2.23 bits per heavy atom. The topological polar surface area (TPSA) is 21.6 Å². The van der Waals surface area contributed by atoms with Crippen LogP contribution in [0.3, 0.4) is 0 Å². The third-order valence-electron chi connectivity index (χ3n) is 2.25. The van der Waals surface area contributed by atoms with Crippen LogP contribution in [-0.4, -0.2) is 19.0 Å². The lowest BCUT2D eigenvalue weighted by atomic mass is 10.1. The Bertz CT molecular complexity index is 331. The van der Waals surface area contributed by atoms with Crippen molar-refractivity contribution >= 4 is 5.90 Å². The molecule has 2 rings (SSSR count). The van der Waals surface area contributed by atoms with Gasteiger partial charge in [0.15, 0.2) is 5.90 Å². The van der Waals surface area contributed by atoms with Crippen LogP contribution in [-0.2, 0) is 11.2 Å². The quantitative estimate of drug-likeness (QED) is 0.673. The van der Waals surface area contributed by atoms with Crippen molar-refractivity contribution in [1.29, 1.82) is 0 Å². The molecule has 1 aliphatic heterocycles. The highest BCUT2D eigenvalue weighted by Gasteiger charge is 2.08. The van der Waals surface area contributed by atoms with Gasteiger partial charge in [-0.3, -0.25) is 4.99 Å². The second kappa shape index (κ2) is 3.60. The molecule has 2 nitrogen and oxygen atoms in total. The molecule has 1 aromatic carbocycles. The van der Waals surface area contributed by atoms with Gasteiger partial charge in [-0.1, -0.05) is 24.3 Å². The Morgan fingerprint density at radius 1 is 1.38 bits per heavy atom. The first kappa shape index (κ1) is 8.30. The maximum atomic E-state index is 5.36. The molecule has 0 aromatic heterocycles. The maximum Gasteiger partial charge on any atom is 0.187 e. The average Bonchev–Trinajstić information content (AvgIpc) is 2.61. The Morgan fingerprint density at radius 3 is 2.92 bits per heavy atom. The fourth-order valence-corrected chi connectivity index (χ4v) is 1.46. The minimum Gasteiger partial charge on any atom is -0.479 e. The van der Waals surface area contributed by atoms with Gasteiger partial charge < -0.3 is 4.74 Å². The SMILES string of the molecule is Cc1ccccc1CC1=NCCO1. The highest BCUT2D eigenvalue weighted by Crippen LogP contribution is 2.10. The Labute approximate surface area is 78.3 Å². The number of nitrogens with zero attached hydrogens (tertiary/aromatic N) is 1. The summed E-state index contributed by atoms with van der Waals surface area (Å²) in [7, 11) is 0. The van der Waals surface area contributed by atoms with Crippen molar-refractivity contribution in [3.63, 3.8) is 0 Å². The molecule has 0 saturated carbocycles. The van der Waals surface area contributed by atoms with Gasteiger partial charge in [0.05, 0.1) is 6.54 Å². The summed E-state index contributed by atoms with van der Waals surface area (Å²) >= 11 is 0. The zero-order chi connectivity index (χ0) is 9.10. The Balaban J connectivity index is 2.13. The number of hydrogen-bond acceptors (Lipinski definition) is 2. The summed E-state index contributed by atoms with van der Waals surface area (Å²) in [6, 6.07) is 8.35. The van der Waals surface area contributed by atoms with E-state index in [4.69, 9.17) is 4.74 Å². The van der Waals surface area contributed by atoms with Gasteiger partial charge in [0.25, 0.3) is 0 Å². The second-order valence-electron chi connectivity index (χ2n) is 3.23. The highest BCUT2D eigenvalue weighted by molar-refractivity contribution is 5.80. The van der Waals surface area contributed by atoms with E-state index in [1.807, 2.05) is 0 Å². The summed E-state index contributed by atoms with van der Waals surface area (Å²) < 4.78 is 5.36. The minimum atomic E-state index is 0.751. The summed E-state index contributed by atoms with van der Waals surface area (Å²) in [6.07, 6.45) is 0.840. The molecule has 0 N–H and O–H groups in total. The van der Waals surface area contributed by atoms with Crippen LogP contribution in [0.15, 0.2) is 29.3 Å². The fourth-order valence-electron chi connectivity index (χ4n) is 1.46. The third-order valence-corrected chi connectivity index (χ3v) is 2.25. The largest absolute Gasteiger partial charge is 0.479 e. The van der Waals surface area contributed by atoms with Crippen LogP contribution >= 0.6 is 0 Å². The van der Waals surface area contributed by atoms with Gasteiger partial charge in [0.1, 0.15) is 6.61 Å². The van der Waals surface area contributed by atoms with Gasteiger partial charge in [-0.25, -0.2) is 0 Å². The van der Waals surface area contributed by atoms with Crippen molar-refractivity contribution in [2.45, 2.75) is 13.3 Å². The smallest absolute Gasteiger partial charge is 0.187 e. The molecule has 0 bridgehead atoms. The molecule has 2 heteroatoms. The van der Waals surface area contributed by atoms with E-state index in [9.17, 15) is 0 Å². The highest BCUT2D eigenvalue weighted by atomic mass is 16.5. The lowest BCUT2D eigenvalue weighted by Gasteiger charge is -2.04. The number of aryl methyl sites for hydroxylation is 1. The number of rotatable bonds is 2. The van der Waals surface area contributed by atoms with E-state index in [1.165, 1.54) is 11.1 Å². The molecule has 0 atom stereocenters. The molecular formula is C11H13NO. The van der Waals surface area contributed by atoms with E-state index in [0.717, 1.165) is 25.5 Å². The van der Waals surface area contributed by atoms with Crippen LogP contribution in [0.5, 0.6) is 0 Å². The van der Waals surface area contributed by atoms with Crippen molar-refractivity contribution in [3.05, 3.63) is 35.4 Å². The normalized spacial score (nSPS) is 15.3. The van der Waals surface area contributed by atoms with Gasteiger partial charge in [-0.15, -0.1) is 0 Å². The first-order valence-electron chi connectivity index (χ1n) is 4.57. The van der Waals surface area contributed by atoms with Gasteiger partial charge in [-0.2, -0.15) is 0 Å². The Hall–Kier alpha value is -1.31. The van der Waals surface area contributed by atoms with Crippen LogP contribution in [0.25, 0.3) is 0 Å². The summed E-state index contributed by atoms with van der Waals surface area (Å²) in [4.78, 5) is 4.27. The number of ether oxygens (including phenoxy) is 1. The molecule has 0 fully saturated rings. The van der Waals surface area contributed by atoms with E-state index in [1.54, 1.807) is 0 Å². The van der Waals surface area contributed by atoms with Crippen molar-refractivity contribution < 1.29 is 4.74 Å². The van der Waals surface area contributed by atoms with E-state index < -0.39 is 0 Å². The first-order valence-corrected chi connectivity index (χ1v) is 4.57. The predicted octanol–water partition coefficient (Wildman–Crippen LogP) is 1.97. The maximum absolute atomic E-state index is 5.36. The molecule has 13 heavy (non-hydrogen) atoms. The minimum absolute atomic E-state index is 0.751. The predicted molar refractivity (Wildman–Crippen MR) is 53.1 cm³/mol. The van der Waals surface area contributed by atoms with E-state index in [-0.39, 0.29) is 0 Å². The van der Waals surface area contributed by atoms with Crippen LogP contribution < -0.4 is 0 Å². The summed E-state index contributed by atoms with van der Waals surface area (Å²) in [5.74, 6) is 0.884. The summed E-state index contributed by atoms with van der Waals surface area (Å²) in [6.45, 7) is 3.69. The number of hydrogen-bond donors (Lipinski definition) is 0. The molecule has 1 aliphatic rings. The zero-order valence-electron chi connectivity index (χ0n) is 7.79. The van der Waals surface area contributed by atoms with Crippen molar-refractivity contribution in [2.75, 3.05) is 13.2 Å². The molecule has 1 heterocycles. The summed E-state index contributed by atoms with van der Waals surface area (Å²) in [5, 5.41) is 0. The lowest BCUT2D eigenvalue weighted by Crippen LogP contribution is -2.04. The molecule has 0 aliphatic carbocycles. The third kappa shape index (κ3) is 1.89. The standard InChI is InChI=1S/C11H13NO/c1-9-4-2-3-5-10(9)8-11-12-6-7-13-11/h2-5H,6-8H2,1H3. The molecular weight excluding hydrogens is 162 g/mol. The van der Waals surface area contributed by atoms with Gasteiger partial charge >= 0.3 is 0 Å². The fraction of sp³-hybridized carbons (Fsp3) is 0.364. The van der Waals surface area contributed by atoms with Crippen molar-refractivity contribution in [1.82, 2.24) is 0 Å². The van der Waals surface area contributed by atoms with Crippen LogP contribution in [0.1, 0.15) is 11.1 Å². The molecule has 0 spiro atoms. The van der Waals surface area contributed by atoms with Crippen molar-refractivity contribution in [3.8, 4) is 0 Å². The lowest BCUT2D eigenvalue weighted by molar-refractivity contribution is 0.341. The zero-order valence-corrected chi connectivity index (χ0v) is 7.79. The monoisotopic (exact) mass is 175 g/mol. The second-order valence-corrected chi connectivity index (χ2v) is 3.23. The Kier molecular flexibility index (Phi) is 2.30. The van der Waals surface area contributed by atoms with Crippen LogP contribution in [0, 0.1) is 6.92 Å². The van der Waals surface area contributed by atoms with Crippen LogP contribution in [0.2, 0.25) is 0 Å². The first-order chi connectivity index (χ1) is 6.36. The number of benzene rings is 1. The molecule has 0 unspecified atom stereocenters. The average molecular weight is 175 g/mol. The molecule has 1 aromatic rings. The van der Waals surface area contributed by atoms with E-state index >= 15 is 0 Å².